The molecule has 0 unspecified atom stereocenters. The molecule has 0 spiro atoms. The topological polar surface area (TPSA) is 79.7 Å². The number of hydrogen-bond donors (Lipinski definition) is 1. The summed E-state index contributed by atoms with van der Waals surface area (Å²) in [5, 5.41) is 10.7. The molecule has 1 fully saturated rings. The van der Waals surface area contributed by atoms with Crippen LogP contribution in [-0.4, -0.2) is 35.3 Å². The van der Waals surface area contributed by atoms with Gasteiger partial charge in [0, 0.05) is 5.38 Å². The molecule has 2 rings (SSSR count). The number of carbonyl (C=O) groups excluding carboxylic acids is 1. The summed E-state index contributed by atoms with van der Waals surface area (Å²) in [5.74, 6) is -0.934. The SMILES string of the molecule is O=C(O)Cc1csc(N2CCOC2=O)n1. The first-order valence-corrected chi connectivity index (χ1v) is 5.15. The van der Waals surface area contributed by atoms with Gasteiger partial charge in [0.05, 0.1) is 18.7 Å². The zero-order valence-corrected chi connectivity index (χ0v) is 8.49. The average Bonchev–Trinajstić information content (AvgIpc) is 2.72. The predicted octanol–water partition coefficient (Wildman–Crippen LogP) is 0.727. The Kier molecular flexibility index (Phi) is 2.55. The summed E-state index contributed by atoms with van der Waals surface area (Å²) in [4.78, 5) is 27.0. The number of carboxylic acid groups (broad SMARTS) is 1. The van der Waals surface area contributed by atoms with Crippen molar-refractivity contribution in [3.8, 4) is 0 Å². The van der Waals surface area contributed by atoms with Gasteiger partial charge in [-0.05, 0) is 0 Å². The van der Waals surface area contributed by atoms with E-state index in [2.05, 4.69) is 4.98 Å². The van der Waals surface area contributed by atoms with Gasteiger partial charge in [0.25, 0.3) is 0 Å². The van der Waals surface area contributed by atoms with Crippen LogP contribution in [0.5, 0.6) is 0 Å². The molecule has 1 N–H and O–H groups in total. The Hall–Kier alpha value is -1.63. The van der Waals surface area contributed by atoms with Crippen LogP contribution < -0.4 is 4.90 Å². The van der Waals surface area contributed by atoms with Crippen LogP contribution in [0.15, 0.2) is 5.38 Å². The van der Waals surface area contributed by atoms with Crippen molar-refractivity contribution in [2.24, 2.45) is 0 Å². The number of carboxylic acids is 1. The fraction of sp³-hybridized carbons (Fsp3) is 0.375. The van der Waals surface area contributed by atoms with E-state index in [4.69, 9.17) is 9.84 Å². The Labute approximate surface area is 89.1 Å². The Morgan fingerprint density at radius 3 is 3.13 bits per heavy atom. The van der Waals surface area contributed by atoms with E-state index in [0.29, 0.717) is 24.0 Å². The second kappa shape index (κ2) is 3.85. The lowest BCUT2D eigenvalue weighted by atomic mass is 10.3. The quantitative estimate of drug-likeness (QED) is 0.824. The van der Waals surface area contributed by atoms with E-state index < -0.39 is 12.1 Å². The fourth-order valence-electron chi connectivity index (χ4n) is 1.22. The molecule has 0 aliphatic carbocycles. The van der Waals surface area contributed by atoms with Crippen LogP contribution >= 0.6 is 11.3 Å². The highest BCUT2D eigenvalue weighted by Crippen LogP contribution is 2.23. The van der Waals surface area contributed by atoms with E-state index in [1.165, 1.54) is 16.2 Å². The average molecular weight is 228 g/mol. The number of carbonyl (C=O) groups is 2. The van der Waals surface area contributed by atoms with Crippen molar-refractivity contribution in [2.45, 2.75) is 6.42 Å². The van der Waals surface area contributed by atoms with Crippen molar-refractivity contribution in [1.82, 2.24) is 4.98 Å². The Bertz CT molecular complexity index is 403. The first-order chi connectivity index (χ1) is 7.16. The molecule has 0 saturated carbocycles. The van der Waals surface area contributed by atoms with Gasteiger partial charge in [0.2, 0.25) is 0 Å². The van der Waals surface area contributed by atoms with Crippen molar-refractivity contribution < 1.29 is 19.4 Å². The highest BCUT2D eigenvalue weighted by Gasteiger charge is 2.26. The molecule has 1 amide bonds. The minimum absolute atomic E-state index is 0.126. The number of aromatic nitrogens is 1. The standard InChI is InChI=1S/C8H8N2O4S/c11-6(12)3-5-4-15-7(9-5)10-1-2-14-8(10)13/h4H,1-3H2,(H,11,12). The van der Waals surface area contributed by atoms with Gasteiger partial charge in [-0.2, -0.15) is 0 Å². The highest BCUT2D eigenvalue weighted by molar-refractivity contribution is 7.14. The molecule has 1 aliphatic heterocycles. The van der Waals surface area contributed by atoms with Gasteiger partial charge in [0.15, 0.2) is 5.13 Å². The number of aliphatic carboxylic acids is 1. The van der Waals surface area contributed by atoms with E-state index in [0.717, 1.165) is 0 Å². The summed E-state index contributed by atoms with van der Waals surface area (Å²) < 4.78 is 4.75. The third-order valence-corrected chi connectivity index (χ3v) is 2.78. The second-order valence-corrected chi connectivity index (χ2v) is 3.79. The van der Waals surface area contributed by atoms with E-state index >= 15 is 0 Å². The molecule has 0 atom stereocenters. The number of thiazole rings is 1. The van der Waals surface area contributed by atoms with E-state index in [1.54, 1.807) is 5.38 Å². The van der Waals surface area contributed by atoms with Crippen molar-refractivity contribution in [3.63, 3.8) is 0 Å². The zero-order valence-electron chi connectivity index (χ0n) is 7.67. The van der Waals surface area contributed by atoms with E-state index in [9.17, 15) is 9.59 Å². The molecule has 1 saturated heterocycles. The molecule has 1 aromatic rings. The molecular weight excluding hydrogens is 220 g/mol. The Morgan fingerprint density at radius 1 is 1.73 bits per heavy atom. The second-order valence-electron chi connectivity index (χ2n) is 2.96. The first kappa shape index (κ1) is 9.91. The molecule has 0 radical (unpaired) electrons. The summed E-state index contributed by atoms with van der Waals surface area (Å²) >= 11 is 1.24. The molecule has 80 valence electrons. The number of rotatable bonds is 3. The van der Waals surface area contributed by atoms with Crippen LogP contribution in [0.2, 0.25) is 0 Å². The minimum atomic E-state index is -0.934. The molecule has 1 aliphatic rings. The van der Waals surface area contributed by atoms with Gasteiger partial charge in [-0.25, -0.2) is 14.7 Å². The maximum Gasteiger partial charge on any atom is 0.416 e. The number of nitrogens with zero attached hydrogens (tertiary/aromatic N) is 2. The maximum atomic E-state index is 11.2. The molecule has 1 aromatic heterocycles. The summed E-state index contributed by atoms with van der Waals surface area (Å²) in [7, 11) is 0. The number of hydrogen-bond acceptors (Lipinski definition) is 5. The van der Waals surface area contributed by atoms with Crippen LogP contribution in [-0.2, 0) is 16.0 Å². The summed E-state index contributed by atoms with van der Waals surface area (Å²) in [6.45, 7) is 0.825. The number of amides is 1. The van der Waals surface area contributed by atoms with Gasteiger partial charge >= 0.3 is 12.1 Å². The molecule has 7 heteroatoms. The van der Waals surface area contributed by atoms with Gasteiger partial charge in [-0.15, -0.1) is 11.3 Å². The third-order valence-electron chi connectivity index (χ3n) is 1.86. The van der Waals surface area contributed by atoms with Crippen molar-refractivity contribution in [1.29, 1.82) is 0 Å². The van der Waals surface area contributed by atoms with Crippen molar-refractivity contribution in [2.75, 3.05) is 18.1 Å². The van der Waals surface area contributed by atoms with Crippen LogP contribution in [0.1, 0.15) is 5.69 Å². The minimum Gasteiger partial charge on any atom is -0.481 e. The molecule has 0 aromatic carbocycles. The zero-order chi connectivity index (χ0) is 10.8. The monoisotopic (exact) mass is 228 g/mol. The molecule has 2 heterocycles. The lowest BCUT2D eigenvalue weighted by molar-refractivity contribution is -0.136. The molecular formula is C8H8N2O4S. The lowest BCUT2D eigenvalue weighted by Gasteiger charge is -2.06. The Balaban J connectivity index is 2.12. The van der Waals surface area contributed by atoms with Gasteiger partial charge in [0.1, 0.15) is 6.61 Å². The summed E-state index contributed by atoms with van der Waals surface area (Å²) in [5.41, 5.74) is 0.460. The van der Waals surface area contributed by atoms with Crippen LogP contribution in [0, 0.1) is 0 Å². The Morgan fingerprint density at radius 2 is 2.53 bits per heavy atom. The fourth-order valence-corrected chi connectivity index (χ4v) is 2.06. The van der Waals surface area contributed by atoms with Crippen LogP contribution in [0.3, 0.4) is 0 Å². The van der Waals surface area contributed by atoms with Crippen molar-refractivity contribution >= 4 is 28.5 Å². The third kappa shape index (κ3) is 2.07. The maximum absolute atomic E-state index is 11.2. The normalized spacial score (nSPS) is 15.5. The van der Waals surface area contributed by atoms with Gasteiger partial charge in [-0.1, -0.05) is 0 Å². The smallest absolute Gasteiger partial charge is 0.416 e. The lowest BCUT2D eigenvalue weighted by Crippen LogP contribution is -2.23. The highest BCUT2D eigenvalue weighted by atomic mass is 32.1. The van der Waals surface area contributed by atoms with Gasteiger partial charge < -0.3 is 9.84 Å². The van der Waals surface area contributed by atoms with E-state index in [1.807, 2.05) is 0 Å². The van der Waals surface area contributed by atoms with Crippen LogP contribution in [0.25, 0.3) is 0 Å². The predicted molar refractivity (Wildman–Crippen MR) is 52.1 cm³/mol. The van der Waals surface area contributed by atoms with Crippen molar-refractivity contribution in [3.05, 3.63) is 11.1 Å². The molecule has 6 nitrogen and oxygen atoms in total. The van der Waals surface area contributed by atoms with E-state index in [-0.39, 0.29) is 6.42 Å². The largest absolute Gasteiger partial charge is 0.481 e. The molecule has 15 heavy (non-hydrogen) atoms. The number of cyclic esters (lactones) is 1. The summed E-state index contributed by atoms with van der Waals surface area (Å²) in [6, 6.07) is 0. The number of ether oxygens (including phenoxy) is 1. The summed E-state index contributed by atoms with van der Waals surface area (Å²) in [6.07, 6.45) is -0.550. The molecule has 0 bridgehead atoms. The first-order valence-electron chi connectivity index (χ1n) is 4.27. The van der Waals surface area contributed by atoms with Gasteiger partial charge in [-0.3, -0.25) is 4.79 Å². The van der Waals surface area contributed by atoms with Crippen LogP contribution in [0.4, 0.5) is 9.93 Å². The number of anilines is 1.